The fraction of sp³-hybridized carbons (Fsp3) is 0.714. The van der Waals surface area contributed by atoms with Crippen molar-refractivity contribution >= 4 is 11.6 Å². The monoisotopic (exact) mass is 280 g/mol. The van der Waals surface area contributed by atoms with E-state index in [-0.39, 0.29) is 0 Å². The van der Waals surface area contributed by atoms with E-state index in [2.05, 4.69) is 20.6 Å². The number of rotatable bonds is 8. The molecule has 2 rings (SSSR count). The van der Waals surface area contributed by atoms with E-state index in [1.807, 2.05) is 20.0 Å². The van der Waals surface area contributed by atoms with Crippen molar-refractivity contribution in [2.45, 2.75) is 26.4 Å². The van der Waals surface area contributed by atoms with Crippen molar-refractivity contribution in [1.29, 1.82) is 0 Å². The average molecular weight is 280 g/mol. The zero-order valence-electron chi connectivity index (χ0n) is 12.3. The standard InChI is InChI=1S/C14H24N4O2/c1-3-19-10-14-17-12(15-2)8-13(18-14)16-6-4-11-5-7-20-9-11/h8,11H,3-7,9-10H2,1-2H3,(H2,15,16,17,18). The van der Waals surface area contributed by atoms with E-state index >= 15 is 0 Å². The SMILES string of the molecule is CCOCc1nc(NC)cc(NCCC2CCOC2)n1. The Morgan fingerprint density at radius 3 is 2.95 bits per heavy atom. The number of nitrogens with one attached hydrogen (secondary N) is 2. The molecular formula is C14H24N4O2. The van der Waals surface area contributed by atoms with Crippen LogP contribution in [0.5, 0.6) is 0 Å². The lowest BCUT2D eigenvalue weighted by atomic mass is 10.1. The lowest BCUT2D eigenvalue weighted by Gasteiger charge is -2.11. The molecule has 1 aromatic heterocycles. The molecule has 1 aliphatic rings. The second-order valence-electron chi connectivity index (χ2n) is 4.89. The summed E-state index contributed by atoms with van der Waals surface area (Å²) in [7, 11) is 1.85. The first-order chi connectivity index (χ1) is 9.81. The minimum Gasteiger partial charge on any atom is -0.381 e. The molecule has 0 aromatic carbocycles. The van der Waals surface area contributed by atoms with Crippen LogP contribution < -0.4 is 10.6 Å². The van der Waals surface area contributed by atoms with Gasteiger partial charge in [0.25, 0.3) is 0 Å². The van der Waals surface area contributed by atoms with Gasteiger partial charge >= 0.3 is 0 Å². The Kier molecular flexibility index (Phi) is 6.01. The van der Waals surface area contributed by atoms with E-state index in [0.29, 0.717) is 25.0 Å². The molecule has 0 amide bonds. The van der Waals surface area contributed by atoms with Crippen LogP contribution >= 0.6 is 0 Å². The van der Waals surface area contributed by atoms with E-state index in [1.165, 1.54) is 6.42 Å². The number of nitrogens with zero attached hydrogens (tertiary/aromatic N) is 2. The third-order valence-corrected chi connectivity index (χ3v) is 3.35. The summed E-state index contributed by atoms with van der Waals surface area (Å²) in [5.74, 6) is 3.03. The molecule has 1 saturated heterocycles. The molecule has 1 atom stereocenters. The van der Waals surface area contributed by atoms with Gasteiger partial charge in [0.05, 0.1) is 0 Å². The Labute approximate surface area is 120 Å². The summed E-state index contributed by atoms with van der Waals surface area (Å²) in [5.41, 5.74) is 0. The Hall–Kier alpha value is -1.40. The van der Waals surface area contributed by atoms with Crippen LogP contribution in [0.25, 0.3) is 0 Å². The molecule has 0 spiro atoms. The van der Waals surface area contributed by atoms with E-state index < -0.39 is 0 Å². The van der Waals surface area contributed by atoms with Crippen LogP contribution in [0, 0.1) is 5.92 Å². The van der Waals surface area contributed by atoms with Gasteiger partial charge in [-0.1, -0.05) is 0 Å². The molecular weight excluding hydrogens is 256 g/mol. The fourth-order valence-corrected chi connectivity index (χ4v) is 2.19. The predicted octanol–water partition coefficient (Wildman–Crippen LogP) is 1.89. The highest BCUT2D eigenvalue weighted by Gasteiger charge is 2.15. The molecule has 1 fully saturated rings. The molecule has 1 unspecified atom stereocenters. The zero-order valence-corrected chi connectivity index (χ0v) is 12.3. The maximum absolute atomic E-state index is 5.38. The molecule has 2 N–H and O–H groups in total. The molecule has 0 radical (unpaired) electrons. The summed E-state index contributed by atoms with van der Waals surface area (Å²) in [6.45, 7) is 5.77. The van der Waals surface area contributed by atoms with Gasteiger partial charge in [-0.05, 0) is 25.7 Å². The van der Waals surface area contributed by atoms with Gasteiger partial charge in [0.1, 0.15) is 18.2 Å². The fourth-order valence-electron chi connectivity index (χ4n) is 2.19. The normalized spacial score (nSPS) is 18.2. The third kappa shape index (κ3) is 4.61. The first-order valence-corrected chi connectivity index (χ1v) is 7.27. The second kappa shape index (κ2) is 8.01. The minimum atomic E-state index is 0.442. The number of aromatic nitrogens is 2. The average Bonchev–Trinajstić information content (AvgIpc) is 2.98. The summed E-state index contributed by atoms with van der Waals surface area (Å²) in [4.78, 5) is 8.83. The number of hydrogen-bond donors (Lipinski definition) is 2. The number of hydrogen-bond acceptors (Lipinski definition) is 6. The van der Waals surface area contributed by atoms with Crippen molar-refractivity contribution < 1.29 is 9.47 Å². The first kappa shape index (κ1) is 15.0. The highest BCUT2D eigenvalue weighted by Crippen LogP contribution is 2.17. The Balaban J connectivity index is 1.87. The molecule has 112 valence electrons. The van der Waals surface area contributed by atoms with Gasteiger partial charge < -0.3 is 20.1 Å². The van der Waals surface area contributed by atoms with Crippen molar-refractivity contribution in [2.24, 2.45) is 5.92 Å². The summed E-state index contributed by atoms with van der Waals surface area (Å²) in [6, 6.07) is 1.92. The van der Waals surface area contributed by atoms with Crippen LogP contribution in [0.1, 0.15) is 25.6 Å². The lowest BCUT2D eigenvalue weighted by Crippen LogP contribution is -2.12. The van der Waals surface area contributed by atoms with Gasteiger partial charge in [-0.3, -0.25) is 0 Å². The summed E-state index contributed by atoms with van der Waals surface area (Å²) < 4.78 is 10.7. The Morgan fingerprint density at radius 2 is 2.25 bits per heavy atom. The van der Waals surface area contributed by atoms with Gasteiger partial charge in [-0.25, -0.2) is 9.97 Å². The van der Waals surface area contributed by atoms with Crippen molar-refractivity contribution in [1.82, 2.24) is 9.97 Å². The van der Waals surface area contributed by atoms with E-state index in [1.54, 1.807) is 0 Å². The minimum absolute atomic E-state index is 0.442. The van der Waals surface area contributed by atoms with Gasteiger partial charge in [0.15, 0.2) is 5.82 Å². The summed E-state index contributed by atoms with van der Waals surface area (Å²) >= 11 is 0. The van der Waals surface area contributed by atoms with Crippen LogP contribution in [-0.2, 0) is 16.1 Å². The van der Waals surface area contributed by atoms with E-state index in [9.17, 15) is 0 Å². The van der Waals surface area contributed by atoms with Crippen molar-refractivity contribution in [3.63, 3.8) is 0 Å². The maximum Gasteiger partial charge on any atom is 0.158 e. The van der Waals surface area contributed by atoms with Gasteiger partial charge in [0.2, 0.25) is 0 Å². The molecule has 1 aliphatic heterocycles. The van der Waals surface area contributed by atoms with Crippen LogP contribution in [0.15, 0.2) is 6.07 Å². The van der Waals surface area contributed by atoms with E-state index in [0.717, 1.165) is 37.8 Å². The molecule has 1 aromatic rings. The topological polar surface area (TPSA) is 68.3 Å². The van der Waals surface area contributed by atoms with Gasteiger partial charge in [0, 0.05) is 39.5 Å². The molecule has 6 nitrogen and oxygen atoms in total. The highest BCUT2D eigenvalue weighted by molar-refractivity contribution is 5.47. The largest absolute Gasteiger partial charge is 0.381 e. The first-order valence-electron chi connectivity index (χ1n) is 7.27. The quantitative estimate of drug-likeness (QED) is 0.758. The van der Waals surface area contributed by atoms with Gasteiger partial charge in [-0.15, -0.1) is 0 Å². The Bertz CT molecular complexity index is 408. The van der Waals surface area contributed by atoms with Crippen LogP contribution in [0.4, 0.5) is 11.6 Å². The third-order valence-electron chi connectivity index (χ3n) is 3.35. The molecule has 0 saturated carbocycles. The van der Waals surface area contributed by atoms with Crippen molar-refractivity contribution in [3.05, 3.63) is 11.9 Å². The number of ether oxygens (including phenoxy) is 2. The van der Waals surface area contributed by atoms with Crippen molar-refractivity contribution in [2.75, 3.05) is 44.0 Å². The zero-order chi connectivity index (χ0) is 14.2. The molecule has 20 heavy (non-hydrogen) atoms. The summed E-state index contributed by atoms with van der Waals surface area (Å²) in [6.07, 6.45) is 2.28. The Morgan fingerprint density at radius 1 is 1.40 bits per heavy atom. The van der Waals surface area contributed by atoms with Crippen molar-refractivity contribution in [3.8, 4) is 0 Å². The van der Waals surface area contributed by atoms with Crippen LogP contribution in [0.2, 0.25) is 0 Å². The number of anilines is 2. The highest BCUT2D eigenvalue weighted by atomic mass is 16.5. The summed E-state index contributed by atoms with van der Waals surface area (Å²) in [5, 5.41) is 6.41. The second-order valence-corrected chi connectivity index (χ2v) is 4.89. The maximum atomic E-state index is 5.38. The van der Waals surface area contributed by atoms with Gasteiger partial charge in [-0.2, -0.15) is 0 Å². The molecule has 2 heterocycles. The van der Waals surface area contributed by atoms with E-state index in [4.69, 9.17) is 9.47 Å². The smallest absolute Gasteiger partial charge is 0.158 e. The van der Waals surface area contributed by atoms with Crippen LogP contribution in [0.3, 0.4) is 0 Å². The molecule has 0 aliphatic carbocycles. The van der Waals surface area contributed by atoms with Crippen LogP contribution in [-0.4, -0.2) is 43.4 Å². The molecule has 0 bridgehead atoms. The molecule has 6 heteroatoms. The predicted molar refractivity (Wildman–Crippen MR) is 78.9 cm³/mol. The lowest BCUT2D eigenvalue weighted by molar-refractivity contribution is 0.128.